The zero-order valence-electron chi connectivity index (χ0n) is 9.53. The lowest BCUT2D eigenvalue weighted by Crippen LogP contribution is -2.26. The Bertz CT molecular complexity index is 360. The molecule has 1 saturated heterocycles. The van der Waals surface area contributed by atoms with E-state index in [4.69, 9.17) is 13.0 Å². The molecular formula is C8H13F3O4S3. The lowest BCUT2D eigenvalue weighted by Gasteiger charge is -2.11. The van der Waals surface area contributed by atoms with Crippen LogP contribution in [0.5, 0.6) is 0 Å². The molecule has 1 rings (SSSR count). The smallest absolute Gasteiger partial charge is 0.485 e. The molecule has 1 heterocycles. The van der Waals surface area contributed by atoms with Crippen LogP contribution in [0.15, 0.2) is 0 Å². The van der Waals surface area contributed by atoms with Crippen molar-refractivity contribution in [2.75, 3.05) is 28.8 Å². The average molecular weight is 326 g/mol. The first-order chi connectivity index (χ1) is 8.04. The van der Waals surface area contributed by atoms with Crippen LogP contribution in [-0.2, 0) is 25.8 Å². The third-order valence-electron chi connectivity index (χ3n) is 1.72. The third kappa shape index (κ3) is 8.22. The molecule has 0 radical (unpaired) electrons. The van der Waals surface area contributed by atoms with E-state index in [0.29, 0.717) is 16.7 Å². The van der Waals surface area contributed by atoms with Gasteiger partial charge in [0.2, 0.25) is 0 Å². The van der Waals surface area contributed by atoms with Gasteiger partial charge in [0.15, 0.2) is 21.7 Å². The van der Waals surface area contributed by atoms with Crippen LogP contribution in [-0.4, -0.2) is 53.0 Å². The van der Waals surface area contributed by atoms with E-state index >= 15 is 0 Å². The molecule has 0 amide bonds. The predicted molar refractivity (Wildman–Crippen MR) is 65.7 cm³/mol. The number of Topliss-reactive ketones (excluding diaryl/α,β-unsaturated/α-hetero) is 1. The van der Waals surface area contributed by atoms with Gasteiger partial charge in [-0.05, 0) is 17.8 Å². The highest BCUT2D eigenvalue weighted by Gasteiger charge is 2.36. The molecule has 0 saturated carbocycles. The summed E-state index contributed by atoms with van der Waals surface area (Å²) in [5, 5.41) is 0. The Labute approximate surface area is 111 Å². The van der Waals surface area contributed by atoms with E-state index < -0.39 is 15.6 Å². The van der Waals surface area contributed by atoms with Crippen molar-refractivity contribution < 1.29 is 30.9 Å². The molecular weight excluding hydrogens is 313 g/mol. The Morgan fingerprint density at radius 1 is 1.33 bits per heavy atom. The van der Waals surface area contributed by atoms with Crippen LogP contribution < -0.4 is 0 Å². The number of hydrogen-bond donors (Lipinski definition) is 0. The van der Waals surface area contributed by atoms with E-state index in [0.717, 1.165) is 5.75 Å². The second-order valence-electron chi connectivity index (χ2n) is 3.38. The highest BCUT2D eigenvalue weighted by molar-refractivity contribution is 8.05. The van der Waals surface area contributed by atoms with Crippen molar-refractivity contribution in [3.8, 4) is 0 Å². The van der Waals surface area contributed by atoms with Crippen LogP contribution in [0.1, 0.15) is 6.92 Å². The first-order valence-electron chi connectivity index (χ1n) is 4.77. The predicted octanol–water partition coefficient (Wildman–Crippen LogP) is 0.992. The second kappa shape index (κ2) is 7.61. The number of rotatable bonds is 2. The SMILES string of the molecule is CC(=O)C[S+]1CCSCC1.O=S(=O)([O-])C(F)(F)F. The van der Waals surface area contributed by atoms with E-state index in [1.165, 1.54) is 23.0 Å². The fraction of sp³-hybridized carbons (Fsp3) is 0.875. The molecule has 0 spiro atoms. The van der Waals surface area contributed by atoms with Gasteiger partial charge in [0, 0.05) is 11.5 Å². The van der Waals surface area contributed by atoms with Crippen LogP contribution in [0.3, 0.4) is 0 Å². The monoisotopic (exact) mass is 326 g/mol. The van der Waals surface area contributed by atoms with Crippen molar-refractivity contribution in [2.24, 2.45) is 0 Å². The highest BCUT2D eigenvalue weighted by atomic mass is 32.2. The van der Waals surface area contributed by atoms with Gasteiger partial charge < -0.3 is 4.55 Å². The number of hydrogen-bond acceptors (Lipinski definition) is 5. The van der Waals surface area contributed by atoms with E-state index in [2.05, 4.69) is 0 Å². The summed E-state index contributed by atoms with van der Waals surface area (Å²) in [4.78, 5) is 10.7. The van der Waals surface area contributed by atoms with Gasteiger partial charge in [0.25, 0.3) is 0 Å². The summed E-state index contributed by atoms with van der Waals surface area (Å²) < 4.78 is 58.9. The molecule has 0 atom stereocenters. The van der Waals surface area contributed by atoms with Gasteiger partial charge in [0.05, 0.1) is 0 Å². The molecule has 0 unspecified atom stereocenters. The largest absolute Gasteiger partial charge is 0.741 e. The van der Waals surface area contributed by atoms with Crippen molar-refractivity contribution in [3.63, 3.8) is 0 Å². The maximum absolute atomic E-state index is 10.7. The third-order valence-corrected chi connectivity index (χ3v) is 6.17. The standard InChI is InChI=1S/C7H13OS2.CHF3O3S/c1-7(8)6-10-4-2-9-3-5-10;2-1(3,4)8(5,6)7/h2-6H2,1H3;(H,5,6,7)/q+1;/p-1. The summed E-state index contributed by atoms with van der Waals surface area (Å²) in [6, 6.07) is 0. The number of carbonyl (C=O) groups is 1. The fourth-order valence-electron chi connectivity index (χ4n) is 0.989. The first kappa shape index (κ1) is 18.1. The summed E-state index contributed by atoms with van der Waals surface area (Å²) in [6.45, 7) is 1.70. The summed E-state index contributed by atoms with van der Waals surface area (Å²) in [7, 11) is -5.64. The lowest BCUT2D eigenvalue weighted by molar-refractivity contribution is -0.114. The molecule has 0 aromatic carbocycles. The van der Waals surface area contributed by atoms with Crippen molar-refractivity contribution in [1.82, 2.24) is 0 Å². The topological polar surface area (TPSA) is 74.3 Å². The number of carbonyl (C=O) groups excluding carboxylic acids is 1. The van der Waals surface area contributed by atoms with Gasteiger partial charge in [-0.3, -0.25) is 4.79 Å². The zero-order chi connectivity index (χ0) is 14.4. The molecule has 0 aromatic heterocycles. The molecule has 0 N–H and O–H groups in total. The Hall–Kier alpha value is 0.0700. The van der Waals surface area contributed by atoms with Gasteiger partial charge in [0.1, 0.15) is 11.5 Å². The summed E-state index contributed by atoms with van der Waals surface area (Å²) in [5.41, 5.74) is -5.65. The molecule has 18 heavy (non-hydrogen) atoms. The van der Waals surface area contributed by atoms with Crippen molar-refractivity contribution in [2.45, 2.75) is 12.4 Å². The first-order valence-corrected chi connectivity index (χ1v) is 9.07. The van der Waals surface area contributed by atoms with E-state index in [1.807, 2.05) is 11.8 Å². The number of ketones is 1. The maximum atomic E-state index is 10.7. The normalized spacial score (nSPS) is 17.8. The molecule has 108 valence electrons. The zero-order valence-corrected chi connectivity index (χ0v) is 12.0. The van der Waals surface area contributed by atoms with Gasteiger partial charge >= 0.3 is 5.51 Å². The second-order valence-corrected chi connectivity index (χ2v) is 8.31. The van der Waals surface area contributed by atoms with Crippen LogP contribution in [0.2, 0.25) is 0 Å². The number of thioether (sulfide) groups is 1. The quantitative estimate of drug-likeness (QED) is 0.430. The van der Waals surface area contributed by atoms with E-state index in [-0.39, 0.29) is 0 Å². The van der Waals surface area contributed by atoms with Crippen molar-refractivity contribution in [1.29, 1.82) is 0 Å². The lowest BCUT2D eigenvalue weighted by atomic mass is 10.5. The minimum Gasteiger partial charge on any atom is -0.741 e. The average Bonchev–Trinajstić information content (AvgIpc) is 2.15. The van der Waals surface area contributed by atoms with E-state index in [1.54, 1.807) is 6.92 Å². The fourth-order valence-corrected chi connectivity index (χ4v) is 5.09. The highest BCUT2D eigenvalue weighted by Crippen LogP contribution is 2.20. The molecule has 0 bridgehead atoms. The van der Waals surface area contributed by atoms with Gasteiger partial charge in [-0.1, -0.05) is 0 Å². The Morgan fingerprint density at radius 2 is 1.72 bits per heavy atom. The summed E-state index contributed by atoms with van der Waals surface area (Å²) in [5.74, 6) is 6.33. The molecule has 10 heteroatoms. The van der Waals surface area contributed by atoms with Gasteiger partial charge in [-0.15, -0.1) is 0 Å². The van der Waals surface area contributed by atoms with Crippen molar-refractivity contribution >= 4 is 38.6 Å². The molecule has 1 aliphatic rings. The van der Waals surface area contributed by atoms with Crippen LogP contribution >= 0.6 is 11.8 Å². The van der Waals surface area contributed by atoms with Gasteiger partial charge in [-0.25, -0.2) is 8.42 Å². The van der Waals surface area contributed by atoms with Crippen LogP contribution in [0.25, 0.3) is 0 Å². The molecule has 1 aliphatic heterocycles. The van der Waals surface area contributed by atoms with E-state index in [9.17, 15) is 18.0 Å². The Morgan fingerprint density at radius 3 is 2.00 bits per heavy atom. The molecule has 0 aliphatic carbocycles. The maximum Gasteiger partial charge on any atom is 0.485 e. The van der Waals surface area contributed by atoms with Crippen LogP contribution in [0, 0.1) is 0 Å². The van der Waals surface area contributed by atoms with Crippen LogP contribution in [0.4, 0.5) is 13.2 Å². The molecule has 0 aromatic rings. The minimum absolute atomic E-state index is 0.371. The molecule has 4 nitrogen and oxygen atoms in total. The molecule has 1 fully saturated rings. The number of alkyl halides is 3. The summed E-state index contributed by atoms with van der Waals surface area (Å²) in [6.07, 6.45) is 0. The minimum atomic E-state index is -6.09. The summed E-state index contributed by atoms with van der Waals surface area (Å²) >= 11 is 2.02. The van der Waals surface area contributed by atoms with Gasteiger partial charge in [-0.2, -0.15) is 24.9 Å². The number of halogens is 3. The Kier molecular flexibility index (Phi) is 7.64. The van der Waals surface area contributed by atoms with Crippen molar-refractivity contribution in [3.05, 3.63) is 0 Å². The Balaban J connectivity index is 0.000000331.